The third-order valence-electron chi connectivity index (χ3n) is 2.56. The normalized spacial score (nSPS) is 20.6. The van der Waals surface area contributed by atoms with Crippen molar-refractivity contribution in [2.75, 3.05) is 17.2 Å². The first kappa shape index (κ1) is 12.0. The fraction of sp³-hybridized carbons (Fsp3) is 0.400. The predicted molar refractivity (Wildman–Crippen MR) is 68.6 cm³/mol. The summed E-state index contributed by atoms with van der Waals surface area (Å²) in [6.07, 6.45) is 3.48. The first-order chi connectivity index (χ1) is 7.63. The first-order valence-electron chi connectivity index (χ1n) is 4.83. The number of pyridine rings is 1. The Morgan fingerprint density at radius 1 is 1.44 bits per heavy atom. The number of amides is 1. The fourth-order valence-electron chi connectivity index (χ4n) is 1.78. The molecule has 1 fully saturated rings. The van der Waals surface area contributed by atoms with E-state index in [0.29, 0.717) is 34.5 Å². The van der Waals surface area contributed by atoms with Gasteiger partial charge in [-0.25, -0.2) is 0 Å². The summed E-state index contributed by atoms with van der Waals surface area (Å²) >= 11 is 16.2. The van der Waals surface area contributed by atoms with E-state index in [1.54, 1.807) is 4.90 Å². The van der Waals surface area contributed by atoms with Crippen LogP contribution in [-0.4, -0.2) is 23.2 Å². The summed E-state index contributed by atoms with van der Waals surface area (Å²) in [4.78, 5) is 17.3. The molecule has 1 aliphatic rings. The van der Waals surface area contributed by atoms with Gasteiger partial charge in [-0.3, -0.25) is 9.78 Å². The lowest BCUT2D eigenvalue weighted by molar-refractivity contribution is -0.117. The maximum Gasteiger partial charge on any atom is 0.227 e. The lowest BCUT2D eigenvalue weighted by atomic mass is 10.1. The summed E-state index contributed by atoms with van der Waals surface area (Å²) < 4.78 is 0. The van der Waals surface area contributed by atoms with Crippen LogP contribution in [0.4, 0.5) is 5.69 Å². The predicted octanol–water partition coefficient (Wildman–Crippen LogP) is 2.67. The van der Waals surface area contributed by atoms with E-state index in [-0.39, 0.29) is 11.8 Å². The van der Waals surface area contributed by atoms with Crippen molar-refractivity contribution in [3.63, 3.8) is 0 Å². The number of halogens is 2. The molecule has 2 heterocycles. The quantitative estimate of drug-likeness (QED) is 0.843. The van der Waals surface area contributed by atoms with Crippen LogP contribution >= 0.6 is 35.8 Å². The van der Waals surface area contributed by atoms with Gasteiger partial charge >= 0.3 is 0 Å². The van der Waals surface area contributed by atoms with Gasteiger partial charge in [-0.2, -0.15) is 12.6 Å². The highest BCUT2D eigenvalue weighted by Gasteiger charge is 2.32. The third kappa shape index (κ3) is 2.14. The van der Waals surface area contributed by atoms with Gasteiger partial charge in [0.25, 0.3) is 0 Å². The zero-order chi connectivity index (χ0) is 11.7. The number of hydrogen-bond donors (Lipinski definition) is 1. The van der Waals surface area contributed by atoms with Gasteiger partial charge in [-0.1, -0.05) is 23.2 Å². The second-order valence-electron chi connectivity index (χ2n) is 3.71. The highest BCUT2D eigenvalue weighted by Crippen LogP contribution is 2.36. The van der Waals surface area contributed by atoms with Crippen molar-refractivity contribution in [1.82, 2.24) is 4.98 Å². The molecule has 1 unspecified atom stereocenters. The van der Waals surface area contributed by atoms with Crippen molar-refractivity contribution in [2.24, 2.45) is 5.92 Å². The summed E-state index contributed by atoms with van der Waals surface area (Å²) in [5.74, 6) is 0.980. The van der Waals surface area contributed by atoms with E-state index < -0.39 is 0 Å². The van der Waals surface area contributed by atoms with Crippen molar-refractivity contribution in [1.29, 1.82) is 0 Å². The van der Waals surface area contributed by atoms with Gasteiger partial charge in [0, 0.05) is 25.4 Å². The molecule has 3 nitrogen and oxygen atoms in total. The molecule has 0 aliphatic carbocycles. The topological polar surface area (TPSA) is 33.2 Å². The summed E-state index contributed by atoms with van der Waals surface area (Å²) in [5, 5.41) is 0.807. The van der Waals surface area contributed by atoms with E-state index in [0.717, 1.165) is 0 Å². The number of thiol groups is 1. The second-order valence-corrected chi connectivity index (χ2v) is 4.89. The van der Waals surface area contributed by atoms with Gasteiger partial charge in [0.05, 0.1) is 15.7 Å². The van der Waals surface area contributed by atoms with Crippen LogP contribution in [0.2, 0.25) is 10.0 Å². The van der Waals surface area contributed by atoms with Gasteiger partial charge in [-0.15, -0.1) is 0 Å². The number of carbonyl (C=O) groups is 1. The summed E-state index contributed by atoms with van der Waals surface area (Å²) in [5.41, 5.74) is 0.563. The maximum atomic E-state index is 11.8. The minimum absolute atomic E-state index is 0.0362. The van der Waals surface area contributed by atoms with E-state index in [9.17, 15) is 4.79 Å². The van der Waals surface area contributed by atoms with Crippen molar-refractivity contribution in [2.45, 2.75) is 6.42 Å². The Kier molecular flexibility index (Phi) is 3.62. The van der Waals surface area contributed by atoms with E-state index in [4.69, 9.17) is 23.2 Å². The van der Waals surface area contributed by atoms with Crippen molar-refractivity contribution in [3.8, 4) is 0 Å². The molecule has 6 heteroatoms. The van der Waals surface area contributed by atoms with Crippen molar-refractivity contribution in [3.05, 3.63) is 22.4 Å². The monoisotopic (exact) mass is 276 g/mol. The lowest BCUT2D eigenvalue weighted by Gasteiger charge is -2.18. The van der Waals surface area contributed by atoms with Gasteiger partial charge in [-0.05, 0) is 11.7 Å². The Hall–Kier alpha value is -0.450. The molecule has 0 bridgehead atoms. The highest BCUT2D eigenvalue weighted by atomic mass is 35.5. The number of anilines is 1. The molecule has 0 saturated carbocycles. The summed E-state index contributed by atoms with van der Waals surface area (Å²) in [6, 6.07) is 0. The Labute approximate surface area is 109 Å². The zero-order valence-electron chi connectivity index (χ0n) is 8.36. The van der Waals surface area contributed by atoms with Gasteiger partial charge < -0.3 is 4.90 Å². The number of aromatic nitrogens is 1. The zero-order valence-corrected chi connectivity index (χ0v) is 10.8. The standard InChI is InChI=1S/C10H10Cl2N2OS/c11-7-2-13-3-8(12)10(7)14-4-6(5-16)1-9(14)15/h2-3,6,16H,1,4-5H2. The first-order valence-corrected chi connectivity index (χ1v) is 6.22. The molecule has 1 amide bonds. The van der Waals surface area contributed by atoms with Gasteiger partial charge in [0.2, 0.25) is 5.91 Å². The molecule has 1 aromatic rings. The SMILES string of the molecule is O=C1CC(CS)CN1c1c(Cl)cncc1Cl. The number of hydrogen-bond acceptors (Lipinski definition) is 3. The Bertz CT molecular complexity index is 407. The molecule has 1 aromatic heterocycles. The number of rotatable bonds is 2. The van der Waals surface area contributed by atoms with Crippen LogP contribution in [0.1, 0.15) is 6.42 Å². The second kappa shape index (κ2) is 4.82. The number of nitrogens with zero attached hydrogens (tertiary/aromatic N) is 2. The van der Waals surface area contributed by atoms with Crippen molar-refractivity contribution < 1.29 is 4.79 Å². The molecule has 0 radical (unpaired) electrons. The van der Waals surface area contributed by atoms with Gasteiger partial charge in [0.1, 0.15) is 0 Å². The molecule has 1 saturated heterocycles. The smallest absolute Gasteiger partial charge is 0.227 e. The van der Waals surface area contributed by atoms with Crippen LogP contribution < -0.4 is 4.90 Å². The lowest BCUT2D eigenvalue weighted by Crippen LogP contribution is -2.25. The maximum absolute atomic E-state index is 11.8. The summed E-state index contributed by atoms with van der Waals surface area (Å²) in [7, 11) is 0. The van der Waals surface area contributed by atoms with Crippen LogP contribution in [0.5, 0.6) is 0 Å². The molecular formula is C10H10Cl2N2OS. The van der Waals surface area contributed by atoms with Crippen LogP contribution in [0, 0.1) is 5.92 Å². The minimum atomic E-state index is 0.0362. The Morgan fingerprint density at radius 2 is 2.06 bits per heavy atom. The summed E-state index contributed by atoms with van der Waals surface area (Å²) in [6.45, 7) is 0.617. The molecule has 1 atom stereocenters. The molecule has 86 valence electrons. The molecule has 2 rings (SSSR count). The highest BCUT2D eigenvalue weighted by molar-refractivity contribution is 7.80. The Morgan fingerprint density at radius 3 is 2.56 bits per heavy atom. The van der Waals surface area contributed by atoms with E-state index in [1.807, 2.05) is 0 Å². The molecule has 16 heavy (non-hydrogen) atoms. The van der Waals surface area contributed by atoms with E-state index in [2.05, 4.69) is 17.6 Å². The molecular weight excluding hydrogens is 267 g/mol. The van der Waals surface area contributed by atoms with Crippen LogP contribution in [-0.2, 0) is 4.79 Å². The van der Waals surface area contributed by atoms with Crippen LogP contribution in [0.15, 0.2) is 12.4 Å². The van der Waals surface area contributed by atoms with E-state index in [1.165, 1.54) is 12.4 Å². The van der Waals surface area contributed by atoms with Crippen molar-refractivity contribution >= 4 is 47.4 Å². The largest absolute Gasteiger partial charge is 0.309 e. The average molecular weight is 277 g/mol. The van der Waals surface area contributed by atoms with Crippen LogP contribution in [0.3, 0.4) is 0 Å². The molecule has 0 spiro atoms. The molecule has 0 aromatic carbocycles. The fourth-order valence-corrected chi connectivity index (χ4v) is 2.60. The third-order valence-corrected chi connectivity index (χ3v) is 3.63. The average Bonchev–Trinajstić information content (AvgIpc) is 2.60. The van der Waals surface area contributed by atoms with Gasteiger partial charge in [0.15, 0.2) is 0 Å². The molecule has 0 N–H and O–H groups in total. The van der Waals surface area contributed by atoms with E-state index >= 15 is 0 Å². The number of carbonyl (C=O) groups excluding carboxylic acids is 1. The Balaban J connectivity index is 2.35. The molecule has 1 aliphatic heterocycles. The van der Waals surface area contributed by atoms with Crippen LogP contribution in [0.25, 0.3) is 0 Å². The minimum Gasteiger partial charge on any atom is -0.309 e.